The van der Waals surface area contributed by atoms with E-state index in [1.54, 1.807) is 6.20 Å². The number of H-pyrrole nitrogens is 1. The minimum atomic E-state index is -4.13. The van der Waals surface area contributed by atoms with Gasteiger partial charge in [-0.2, -0.15) is 13.2 Å². The smallest absolute Gasteiger partial charge is 0.401 e. The maximum atomic E-state index is 12.6. The van der Waals surface area contributed by atoms with Crippen LogP contribution in [-0.4, -0.2) is 54.9 Å². The quantitative estimate of drug-likeness (QED) is 0.388. The van der Waals surface area contributed by atoms with Crippen LogP contribution in [0.2, 0.25) is 0 Å². The molecule has 2 N–H and O–H groups in total. The van der Waals surface area contributed by atoms with Crippen molar-refractivity contribution in [2.24, 2.45) is 17.8 Å². The highest BCUT2D eigenvalue weighted by Gasteiger charge is 2.43. The number of hydrogen-bond acceptors (Lipinski definition) is 3. The topological polar surface area (TPSA) is 57.4 Å². The first-order chi connectivity index (χ1) is 15.7. The first-order valence-corrected chi connectivity index (χ1v) is 11.3. The first-order valence-electron chi connectivity index (χ1n) is 11.3. The molecule has 2 aliphatic rings. The van der Waals surface area contributed by atoms with E-state index < -0.39 is 25.3 Å². The number of alkyl halides is 4. The Balaban J connectivity index is 1.27. The molecular weight excluding hydrogens is 438 g/mol. The number of carbonyl (C=O) groups is 1. The number of nitrogens with one attached hydrogen (secondary N) is 2. The van der Waals surface area contributed by atoms with Crippen LogP contribution in [0.5, 0.6) is 5.75 Å². The number of halogens is 4. The molecule has 0 unspecified atom stereocenters. The highest BCUT2D eigenvalue weighted by molar-refractivity contribution is 6.08. The SMILES string of the molecule is C=C(CCF)C(=O)Nc1c[nH]c2ccc(OCC[C@@H]3C[C@@H]4CN(CC(F)(F)F)C[C@@H]4C3)cc12. The van der Waals surface area contributed by atoms with Gasteiger partial charge in [0.05, 0.1) is 25.5 Å². The molecule has 1 aromatic heterocycles. The third-order valence-electron chi connectivity index (χ3n) is 6.74. The summed E-state index contributed by atoms with van der Waals surface area (Å²) in [6.45, 7) is 3.77. The van der Waals surface area contributed by atoms with E-state index in [-0.39, 0.29) is 12.0 Å². The molecule has 1 amide bonds. The predicted molar refractivity (Wildman–Crippen MR) is 119 cm³/mol. The molecule has 5 nitrogen and oxygen atoms in total. The highest BCUT2D eigenvalue weighted by atomic mass is 19.4. The third-order valence-corrected chi connectivity index (χ3v) is 6.74. The van der Waals surface area contributed by atoms with Gasteiger partial charge < -0.3 is 15.0 Å². The Morgan fingerprint density at radius 1 is 1.24 bits per heavy atom. The van der Waals surface area contributed by atoms with E-state index in [9.17, 15) is 22.4 Å². The van der Waals surface area contributed by atoms with Crippen molar-refractivity contribution in [2.75, 3.05) is 38.2 Å². The lowest BCUT2D eigenvalue weighted by Crippen LogP contribution is -2.33. The molecular formula is C24H29F4N3O2. The van der Waals surface area contributed by atoms with E-state index in [0.29, 0.717) is 48.9 Å². The predicted octanol–water partition coefficient (Wildman–Crippen LogP) is 5.31. The Morgan fingerprint density at radius 2 is 1.97 bits per heavy atom. The number of carbonyl (C=O) groups excluding carboxylic acids is 1. The second-order valence-electron chi connectivity index (χ2n) is 9.21. The van der Waals surface area contributed by atoms with E-state index in [0.717, 1.165) is 30.2 Å². The Morgan fingerprint density at radius 3 is 2.64 bits per heavy atom. The maximum Gasteiger partial charge on any atom is 0.401 e. The van der Waals surface area contributed by atoms with Crippen LogP contribution >= 0.6 is 0 Å². The highest BCUT2D eigenvalue weighted by Crippen LogP contribution is 2.43. The van der Waals surface area contributed by atoms with E-state index in [4.69, 9.17) is 4.74 Å². The molecule has 1 aliphatic heterocycles. The van der Waals surface area contributed by atoms with Crippen molar-refractivity contribution < 1.29 is 27.1 Å². The van der Waals surface area contributed by atoms with Gasteiger partial charge in [0.1, 0.15) is 5.75 Å². The second kappa shape index (κ2) is 9.75. The van der Waals surface area contributed by atoms with Gasteiger partial charge in [0.25, 0.3) is 5.91 Å². The minimum Gasteiger partial charge on any atom is -0.494 e. The Kier molecular flexibility index (Phi) is 6.97. The summed E-state index contributed by atoms with van der Waals surface area (Å²) >= 11 is 0. The number of rotatable bonds is 9. The van der Waals surface area contributed by atoms with Gasteiger partial charge in [-0.15, -0.1) is 0 Å². The summed E-state index contributed by atoms with van der Waals surface area (Å²) < 4.78 is 56.3. The lowest BCUT2D eigenvalue weighted by molar-refractivity contribution is -0.144. The molecule has 1 saturated carbocycles. The summed E-state index contributed by atoms with van der Waals surface area (Å²) in [5.74, 6) is 1.44. The molecule has 3 atom stereocenters. The molecule has 0 spiro atoms. The van der Waals surface area contributed by atoms with Crippen LogP contribution < -0.4 is 10.1 Å². The second-order valence-corrected chi connectivity index (χ2v) is 9.21. The average Bonchev–Trinajstić information content (AvgIpc) is 3.40. The molecule has 2 heterocycles. The standard InChI is InChI=1S/C24H29F4N3O2/c1-15(4-6-25)23(32)30-22-11-29-21-3-2-19(10-20(21)22)33-7-5-16-8-17-12-31(13-18(17)9-16)14-24(26,27)28/h2-3,10-11,16-18,29H,1,4-9,12-14H2,(H,30,32)/t16-,17-,18+. The van der Waals surface area contributed by atoms with Crippen LogP contribution in [0.25, 0.3) is 10.9 Å². The largest absolute Gasteiger partial charge is 0.494 e. The summed E-state index contributed by atoms with van der Waals surface area (Å²) in [6, 6.07) is 5.56. The van der Waals surface area contributed by atoms with Gasteiger partial charge in [-0.25, -0.2) is 0 Å². The number of anilines is 1. The fourth-order valence-electron chi connectivity index (χ4n) is 5.22. The van der Waals surface area contributed by atoms with E-state index in [2.05, 4.69) is 16.9 Å². The Labute approximate surface area is 190 Å². The monoisotopic (exact) mass is 467 g/mol. The van der Waals surface area contributed by atoms with Gasteiger partial charge in [0.15, 0.2) is 0 Å². The molecule has 1 saturated heterocycles. The van der Waals surface area contributed by atoms with Crippen LogP contribution in [0.1, 0.15) is 25.7 Å². The Bertz CT molecular complexity index is 989. The number of aromatic nitrogens is 1. The number of fused-ring (bicyclic) bond motifs is 2. The van der Waals surface area contributed by atoms with Crippen molar-refractivity contribution in [3.63, 3.8) is 0 Å². The number of likely N-dealkylation sites (tertiary alicyclic amines) is 1. The molecule has 9 heteroatoms. The number of hydrogen-bond donors (Lipinski definition) is 2. The van der Waals surface area contributed by atoms with Crippen LogP contribution in [0.15, 0.2) is 36.5 Å². The zero-order valence-electron chi connectivity index (χ0n) is 18.4. The number of nitrogens with zero attached hydrogens (tertiary/aromatic N) is 1. The molecule has 1 aromatic carbocycles. The van der Waals surface area contributed by atoms with E-state index >= 15 is 0 Å². The van der Waals surface area contributed by atoms with Gasteiger partial charge in [0, 0.05) is 42.2 Å². The number of amides is 1. The number of aromatic amines is 1. The van der Waals surface area contributed by atoms with Gasteiger partial charge in [0.2, 0.25) is 0 Å². The van der Waals surface area contributed by atoms with Crippen LogP contribution in [0.4, 0.5) is 23.2 Å². The number of ether oxygens (including phenoxy) is 1. The van der Waals surface area contributed by atoms with Gasteiger partial charge in [-0.05, 0) is 55.2 Å². The normalized spacial score (nSPS) is 23.1. The van der Waals surface area contributed by atoms with E-state index in [1.165, 1.54) is 4.90 Å². The van der Waals surface area contributed by atoms with Gasteiger partial charge >= 0.3 is 6.18 Å². The van der Waals surface area contributed by atoms with Crippen LogP contribution in [-0.2, 0) is 4.79 Å². The first kappa shape index (κ1) is 23.6. The van der Waals surface area contributed by atoms with E-state index in [1.807, 2.05) is 18.2 Å². The third kappa shape index (κ3) is 5.88. The zero-order valence-corrected chi connectivity index (χ0v) is 18.4. The molecule has 180 valence electrons. The fraction of sp³-hybridized carbons (Fsp3) is 0.542. The van der Waals surface area contributed by atoms with Crippen molar-refractivity contribution in [2.45, 2.75) is 31.9 Å². The molecule has 0 radical (unpaired) electrons. The molecule has 2 aromatic rings. The summed E-state index contributed by atoms with van der Waals surface area (Å²) in [5, 5.41) is 3.54. The number of benzene rings is 1. The minimum absolute atomic E-state index is 0.00814. The zero-order chi connectivity index (χ0) is 23.6. The Hall–Kier alpha value is -2.55. The fourth-order valence-corrected chi connectivity index (χ4v) is 5.22. The van der Waals surface area contributed by atoms with Crippen LogP contribution in [0, 0.1) is 17.8 Å². The summed E-state index contributed by atoms with van der Waals surface area (Å²) in [7, 11) is 0. The molecule has 4 rings (SSSR count). The molecule has 2 fully saturated rings. The molecule has 33 heavy (non-hydrogen) atoms. The average molecular weight is 468 g/mol. The van der Waals surface area contributed by atoms with Gasteiger partial charge in [-0.1, -0.05) is 6.58 Å². The lowest BCUT2D eigenvalue weighted by atomic mass is 10.0. The lowest BCUT2D eigenvalue weighted by Gasteiger charge is -2.20. The molecule has 0 bridgehead atoms. The van der Waals surface area contributed by atoms with Crippen molar-refractivity contribution >= 4 is 22.5 Å². The van der Waals surface area contributed by atoms with Crippen LogP contribution in [0.3, 0.4) is 0 Å². The van der Waals surface area contributed by atoms with Crippen molar-refractivity contribution in [1.82, 2.24) is 9.88 Å². The molecule has 1 aliphatic carbocycles. The van der Waals surface area contributed by atoms with Gasteiger partial charge in [-0.3, -0.25) is 14.1 Å². The summed E-state index contributed by atoms with van der Waals surface area (Å²) in [6.07, 6.45) is 0.318. The summed E-state index contributed by atoms with van der Waals surface area (Å²) in [4.78, 5) is 16.8. The van der Waals surface area contributed by atoms with Crippen molar-refractivity contribution in [3.8, 4) is 5.75 Å². The summed E-state index contributed by atoms with van der Waals surface area (Å²) in [5.41, 5.74) is 1.59. The maximum absolute atomic E-state index is 12.6. The van der Waals surface area contributed by atoms with Crippen molar-refractivity contribution in [1.29, 1.82) is 0 Å². The van der Waals surface area contributed by atoms with Crippen molar-refractivity contribution in [3.05, 3.63) is 36.5 Å².